The van der Waals surface area contributed by atoms with Gasteiger partial charge in [-0.25, -0.2) is 23.7 Å². The Balaban J connectivity index is 1.97. The zero-order chi connectivity index (χ0) is 16.0. The van der Waals surface area contributed by atoms with Gasteiger partial charge >= 0.3 is 0 Å². The number of aromatic nitrogens is 5. The Morgan fingerprint density at radius 2 is 2.04 bits per heavy atom. The van der Waals surface area contributed by atoms with Crippen molar-refractivity contribution in [1.29, 1.82) is 0 Å². The molecule has 0 aliphatic rings. The van der Waals surface area contributed by atoms with Crippen LogP contribution in [0.3, 0.4) is 0 Å². The van der Waals surface area contributed by atoms with Gasteiger partial charge in [-0.2, -0.15) is 5.10 Å². The topological polar surface area (TPSA) is 93.4 Å². The molecule has 0 atom stereocenters. The van der Waals surface area contributed by atoms with E-state index >= 15 is 0 Å². The van der Waals surface area contributed by atoms with E-state index in [-0.39, 0.29) is 23.0 Å². The number of hydrogen-bond donors (Lipinski definition) is 2. The third-order valence-electron chi connectivity index (χ3n) is 3.23. The lowest BCUT2D eigenvalue weighted by Crippen LogP contribution is -2.03. The molecule has 0 saturated carbocycles. The SMILES string of the molecule is Nc1nc(-c2n[nH]c3ncc(F)cc23)nc(-c2cccs2)c1F. The quantitative estimate of drug-likeness (QED) is 0.589. The lowest BCUT2D eigenvalue weighted by Gasteiger charge is -2.05. The predicted octanol–water partition coefficient (Wildman–Crippen LogP) is 3.00. The minimum absolute atomic E-state index is 0.0861. The van der Waals surface area contributed by atoms with E-state index in [1.54, 1.807) is 17.5 Å². The van der Waals surface area contributed by atoms with Gasteiger partial charge in [-0.05, 0) is 17.5 Å². The Morgan fingerprint density at radius 1 is 1.17 bits per heavy atom. The van der Waals surface area contributed by atoms with Crippen LogP contribution in [0.15, 0.2) is 29.8 Å². The van der Waals surface area contributed by atoms with Crippen LogP contribution in [-0.2, 0) is 0 Å². The van der Waals surface area contributed by atoms with E-state index < -0.39 is 11.6 Å². The zero-order valence-electron chi connectivity index (χ0n) is 11.4. The number of nitrogens with zero attached hydrogens (tertiary/aromatic N) is 4. The Kier molecular flexibility index (Phi) is 3.01. The molecule has 0 amide bonds. The van der Waals surface area contributed by atoms with Crippen LogP contribution in [0.5, 0.6) is 0 Å². The summed E-state index contributed by atoms with van der Waals surface area (Å²) in [6.07, 6.45) is 1.07. The molecule has 0 aliphatic heterocycles. The number of nitrogen functional groups attached to an aromatic ring is 1. The third-order valence-corrected chi connectivity index (χ3v) is 4.10. The van der Waals surface area contributed by atoms with E-state index in [0.29, 0.717) is 15.9 Å². The molecule has 4 aromatic rings. The molecule has 114 valence electrons. The number of thiophene rings is 1. The van der Waals surface area contributed by atoms with E-state index in [2.05, 4.69) is 25.1 Å². The van der Waals surface area contributed by atoms with Crippen LogP contribution in [0.2, 0.25) is 0 Å². The molecule has 0 fully saturated rings. The lowest BCUT2D eigenvalue weighted by atomic mass is 10.2. The van der Waals surface area contributed by atoms with Crippen LogP contribution < -0.4 is 5.73 Å². The van der Waals surface area contributed by atoms with Crippen LogP contribution in [0.1, 0.15) is 0 Å². The smallest absolute Gasteiger partial charge is 0.192 e. The van der Waals surface area contributed by atoms with Crippen molar-refractivity contribution in [2.24, 2.45) is 0 Å². The van der Waals surface area contributed by atoms with Crippen molar-refractivity contribution < 1.29 is 8.78 Å². The molecule has 0 bridgehead atoms. The second-order valence-electron chi connectivity index (χ2n) is 4.69. The van der Waals surface area contributed by atoms with Gasteiger partial charge in [-0.1, -0.05) is 6.07 Å². The van der Waals surface area contributed by atoms with Crippen molar-refractivity contribution in [2.45, 2.75) is 0 Å². The lowest BCUT2D eigenvalue weighted by molar-refractivity contribution is 0.623. The number of rotatable bonds is 2. The number of H-pyrrole nitrogens is 1. The minimum Gasteiger partial charge on any atom is -0.381 e. The second kappa shape index (κ2) is 5.06. The predicted molar refractivity (Wildman–Crippen MR) is 82.6 cm³/mol. The fourth-order valence-corrected chi connectivity index (χ4v) is 2.90. The molecule has 0 unspecified atom stereocenters. The zero-order valence-corrected chi connectivity index (χ0v) is 12.2. The molecule has 23 heavy (non-hydrogen) atoms. The van der Waals surface area contributed by atoms with Gasteiger partial charge in [0.25, 0.3) is 0 Å². The molecule has 0 aliphatic carbocycles. The molecule has 4 aromatic heterocycles. The van der Waals surface area contributed by atoms with Crippen molar-refractivity contribution in [3.05, 3.63) is 41.4 Å². The summed E-state index contributed by atoms with van der Waals surface area (Å²) in [5.74, 6) is -1.40. The fraction of sp³-hybridized carbons (Fsp3) is 0. The highest BCUT2D eigenvalue weighted by molar-refractivity contribution is 7.13. The van der Waals surface area contributed by atoms with Gasteiger partial charge in [-0.15, -0.1) is 11.3 Å². The highest BCUT2D eigenvalue weighted by Gasteiger charge is 2.19. The van der Waals surface area contributed by atoms with Crippen LogP contribution >= 0.6 is 11.3 Å². The summed E-state index contributed by atoms with van der Waals surface area (Å²) in [5.41, 5.74) is 6.39. The highest BCUT2D eigenvalue weighted by Crippen LogP contribution is 2.31. The number of halogens is 2. The van der Waals surface area contributed by atoms with Crippen LogP contribution in [-0.4, -0.2) is 25.1 Å². The minimum atomic E-state index is -0.694. The second-order valence-corrected chi connectivity index (χ2v) is 5.64. The van der Waals surface area contributed by atoms with Crippen LogP contribution in [0.4, 0.5) is 14.6 Å². The van der Waals surface area contributed by atoms with Crippen molar-refractivity contribution >= 4 is 28.2 Å². The summed E-state index contributed by atoms with van der Waals surface area (Å²) < 4.78 is 27.6. The van der Waals surface area contributed by atoms with Gasteiger partial charge in [-0.3, -0.25) is 5.10 Å². The molecule has 3 N–H and O–H groups in total. The Labute approximate surface area is 132 Å². The van der Waals surface area contributed by atoms with Gasteiger partial charge in [0.2, 0.25) is 0 Å². The molecule has 6 nitrogen and oxygen atoms in total. The average Bonchev–Trinajstić information content (AvgIpc) is 3.19. The maximum atomic E-state index is 14.2. The van der Waals surface area contributed by atoms with E-state index in [4.69, 9.17) is 5.73 Å². The van der Waals surface area contributed by atoms with Gasteiger partial charge in [0.1, 0.15) is 17.2 Å². The van der Waals surface area contributed by atoms with E-state index in [0.717, 1.165) is 6.20 Å². The van der Waals surface area contributed by atoms with Crippen LogP contribution in [0.25, 0.3) is 33.1 Å². The molecule has 0 saturated heterocycles. The summed E-state index contributed by atoms with van der Waals surface area (Å²) in [6.45, 7) is 0. The van der Waals surface area contributed by atoms with Crippen molar-refractivity contribution in [3.63, 3.8) is 0 Å². The fourth-order valence-electron chi connectivity index (χ4n) is 2.20. The molecular formula is C14H8F2N6S. The number of hydrogen-bond acceptors (Lipinski definition) is 6. The van der Waals surface area contributed by atoms with Crippen molar-refractivity contribution in [1.82, 2.24) is 25.1 Å². The Bertz CT molecular complexity index is 1010. The monoisotopic (exact) mass is 330 g/mol. The number of nitrogens with two attached hydrogens (primary N) is 1. The first kappa shape index (κ1) is 13.7. The van der Waals surface area contributed by atoms with Crippen molar-refractivity contribution in [2.75, 3.05) is 5.73 Å². The summed E-state index contributed by atoms with van der Waals surface area (Å²) in [7, 11) is 0. The summed E-state index contributed by atoms with van der Waals surface area (Å²) in [4.78, 5) is 12.6. The number of fused-ring (bicyclic) bond motifs is 1. The molecule has 4 heterocycles. The number of anilines is 1. The highest BCUT2D eigenvalue weighted by atomic mass is 32.1. The first-order chi connectivity index (χ1) is 11.1. The molecule has 9 heteroatoms. The Hall–Kier alpha value is -2.94. The number of aromatic amines is 1. The van der Waals surface area contributed by atoms with Gasteiger partial charge in [0, 0.05) is 0 Å². The first-order valence-electron chi connectivity index (χ1n) is 6.50. The molecule has 0 radical (unpaired) electrons. The van der Waals surface area contributed by atoms with Gasteiger partial charge in [0.05, 0.1) is 16.5 Å². The van der Waals surface area contributed by atoms with Crippen molar-refractivity contribution in [3.8, 4) is 22.1 Å². The first-order valence-corrected chi connectivity index (χ1v) is 7.38. The van der Waals surface area contributed by atoms with E-state index in [9.17, 15) is 8.78 Å². The maximum Gasteiger partial charge on any atom is 0.192 e. The largest absolute Gasteiger partial charge is 0.381 e. The average molecular weight is 330 g/mol. The molecule has 4 rings (SSSR count). The van der Waals surface area contributed by atoms with E-state index in [1.165, 1.54) is 17.4 Å². The molecule has 0 spiro atoms. The number of pyridine rings is 1. The standard InChI is InChI=1S/C14H8F2N6S/c15-6-4-7-10(21-22-13(7)18-5-6)14-19-11(8-2-1-3-23-8)9(16)12(17)20-14/h1-5H,(H2,17,19,20)(H,18,21,22). The number of nitrogens with one attached hydrogen (secondary N) is 1. The van der Waals surface area contributed by atoms with E-state index in [1.807, 2.05) is 0 Å². The Morgan fingerprint density at radius 3 is 2.83 bits per heavy atom. The van der Waals surface area contributed by atoms with Crippen LogP contribution in [0, 0.1) is 11.6 Å². The summed E-state index contributed by atoms with van der Waals surface area (Å²) >= 11 is 1.32. The molecular weight excluding hydrogens is 322 g/mol. The van der Waals surface area contributed by atoms with Gasteiger partial charge in [0.15, 0.2) is 23.1 Å². The summed E-state index contributed by atoms with van der Waals surface area (Å²) in [6, 6.07) is 4.76. The molecule has 0 aromatic carbocycles. The maximum absolute atomic E-state index is 14.2. The summed E-state index contributed by atoms with van der Waals surface area (Å²) in [5, 5.41) is 8.91. The third kappa shape index (κ3) is 2.21. The normalized spacial score (nSPS) is 11.2. The van der Waals surface area contributed by atoms with Gasteiger partial charge < -0.3 is 5.73 Å².